The third-order valence-corrected chi connectivity index (χ3v) is 2.82. The summed E-state index contributed by atoms with van der Waals surface area (Å²) in [5, 5.41) is 0. The fourth-order valence-electron chi connectivity index (χ4n) is 0.530. The highest BCUT2D eigenvalue weighted by atomic mass is 31.1. The Labute approximate surface area is 57.9 Å². The lowest BCUT2D eigenvalue weighted by Gasteiger charge is -1.96. The minimum atomic E-state index is -1.23. The Hall–Kier alpha value is -0.0300. The molecule has 0 aliphatic rings. The second kappa shape index (κ2) is 4.81. The summed E-state index contributed by atoms with van der Waals surface area (Å²) in [4.78, 5) is 0. The van der Waals surface area contributed by atoms with Crippen molar-refractivity contribution in [3.63, 3.8) is 0 Å². The SMILES string of the molecule is C=C(C)CC[PH](=O)CC. The van der Waals surface area contributed by atoms with Gasteiger partial charge in [-0.25, -0.2) is 0 Å². The van der Waals surface area contributed by atoms with Crippen LogP contribution < -0.4 is 0 Å². The molecule has 0 bridgehead atoms. The van der Waals surface area contributed by atoms with Crippen LogP contribution in [0.4, 0.5) is 0 Å². The Morgan fingerprint density at radius 3 is 2.56 bits per heavy atom. The molecule has 0 saturated heterocycles. The van der Waals surface area contributed by atoms with Crippen molar-refractivity contribution in [2.75, 3.05) is 12.3 Å². The highest BCUT2D eigenvalue weighted by Crippen LogP contribution is 2.21. The molecule has 0 amide bonds. The second-order valence-electron chi connectivity index (χ2n) is 2.35. The van der Waals surface area contributed by atoms with E-state index in [1.54, 1.807) is 0 Å². The van der Waals surface area contributed by atoms with Gasteiger partial charge in [0, 0.05) is 6.16 Å². The van der Waals surface area contributed by atoms with E-state index in [-0.39, 0.29) is 0 Å². The van der Waals surface area contributed by atoms with Gasteiger partial charge in [-0.1, -0.05) is 12.5 Å². The molecule has 0 aliphatic heterocycles. The van der Waals surface area contributed by atoms with Gasteiger partial charge in [0.05, 0.1) is 7.80 Å². The number of hydrogen-bond acceptors (Lipinski definition) is 1. The molecule has 0 aromatic rings. The standard InChI is InChI=1S/C7H15OP/c1-4-9(8)6-5-7(2)3/h9H,2,4-6H2,1,3H3. The average Bonchev–Trinajstić information content (AvgIpc) is 1.83. The molecule has 1 unspecified atom stereocenters. The van der Waals surface area contributed by atoms with Crippen molar-refractivity contribution in [2.45, 2.75) is 20.3 Å². The molecule has 0 aromatic heterocycles. The molecule has 54 valence electrons. The van der Waals surface area contributed by atoms with Gasteiger partial charge in [0.15, 0.2) is 0 Å². The quantitative estimate of drug-likeness (QED) is 0.440. The topological polar surface area (TPSA) is 17.1 Å². The molecule has 0 spiro atoms. The lowest BCUT2D eigenvalue weighted by atomic mass is 10.3. The van der Waals surface area contributed by atoms with Crippen molar-refractivity contribution < 1.29 is 4.57 Å². The summed E-state index contributed by atoms with van der Waals surface area (Å²) in [5.74, 6) is 0. The summed E-state index contributed by atoms with van der Waals surface area (Å²) in [6.07, 6.45) is 2.64. The Kier molecular flexibility index (Phi) is 4.80. The molecule has 0 heterocycles. The van der Waals surface area contributed by atoms with Gasteiger partial charge in [0.1, 0.15) is 0 Å². The monoisotopic (exact) mass is 146 g/mol. The summed E-state index contributed by atoms with van der Waals surface area (Å²) >= 11 is 0. The number of hydrogen-bond donors (Lipinski definition) is 0. The third-order valence-electron chi connectivity index (χ3n) is 1.22. The molecule has 0 N–H and O–H groups in total. The van der Waals surface area contributed by atoms with Crippen LogP contribution in [0.3, 0.4) is 0 Å². The van der Waals surface area contributed by atoms with Crippen LogP contribution in [0.25, 0.3) is 0 Å². The van der Waals surface area contributed by atoms with Crippen molar-refractivity contribution >= 4 is 7.80 Å². The van der Waals surface area contributed by atoms with Gasteiger partial charge < -0.3 is 4.57 Å². The van der Waals surface area contributed by atoms with Crippen LogP contribution in [0.2, 0.25) is 0 Å². The predicted molar refractivity (Wildman–Crippen MR) is 43.8 cm³/mol. The molecule has 1 nitrogen and oxygen atoms in total. The first-order chi connectivity index (χ1) is 4.16. The van der Waals surface area contributed by atoms with E-state index in [0.29, 0.717) is 0 Å². The molecule has 1 atom stereocenters. The lowest BCUT2D eigenvalue weighted by molar-refractivity contribution is 0.588. The molecule has 0 rings (SSSR count). The second-order valence-corrected chi connectivity index (χ2v) is 4.63. The van der Waals surface area contributed by atoms with E-state index in [0.717, 1.165) is 24.3 Å². The maximum Gasteiger partial charge on any atom is 0.0762 e. The molecule has 0 saturated carbocycles. The fourth-order valence-corrected chi connectivity index (χ4v) is 1.59. The van der Waals surface area contributed by atoms with Gasteiger partial charge in [-0.2, -0.15) is 0 Å². The van der Waals surface area contributed by atoms with E-state index in [1.807, 2.05) is 13.8 Å². The number of rotatable bonds is 4. The summed E-state index contributed by atoms with van der Waals surface area (Å²) in [6.45, 7) is 7.69. The van der Waals surface area contributed by atoms with Crippen LogP contribution in [-0.2, 0) is 4.57 Å². The van der Waals surface area contributed by atoms with Crippen molar-refractivity contribution in [1.29, 1.82) is 0 Å². The smallest absolute Gasteiger partial charge is 0.0762 e. The van der Waals surface area contributed by atoms with Gasteiger partial charge in [-0.05, 0) is 19.5 Å². The fraction of sp³-hybridized carbons (Fsp3) is 0.714. The Morgan fingerprint density at radius 1 is 1.67 bits per heavy atom. The van der Waals surface area contributed by atoms with Crippen LogP contribution >= 0.6 is 7.80 Å². The molecular formula is C7H15OP. The van der Waals surface area contributed by atoms with E-state index in [2.05, 4.69) is 6.58 Å². The van der Waals surface area contributed by atoms with Crippen LogP contribution in [-0.4, -0.2) is 12.3 Å². The summed E-state index contributed by atoms with van der Waals surface area (Å²) in [6, 6.07) is 0. The molecule has 0 aromatic carbocycles. The molecule has 0 aliphatic carbocycles. The van der Waals surface area contributed by atoms with Crippen LogP contribution in [0.5, 0.6) is 0 Å². The molecule has 0 fully saturated rings. The zero-order valence-corrected chi connectivity index (χ0v) is 7.24. The summed E-state index contributed by atoms with van der Waals surface area (Å²) in [5.41, 5.74) is 1.14. The maximum atomic E-state index is 10.9. The van der Waals surface area contributed by atoms with E-state index in [4.69, 9.17) is 0 Å². The normalized spacial score (nSPS) is 13.1. The van der Waals surface area contributed by atoms with E-state index in [1.165, 1.54) is 0 Å². The van der Waals surface area contributed by atoms with Crippen LogP contribution in [0.15, 0.2) is 12.2 Å². The van der Waals surface area contributed by atoms with Gasteiger partial charge >= 0.3 is 0 Å². The minimum Gasteiger partial charge on any atom is -0.327 e. The Bertz CT molecular complexity index is 118. The lowest BCUT2D eigenvalue weighted by Crippen LogP contribution is -1.80. The largest absolute Gasteiger partial charge is 0.327 e. The van der Waals surface area contributed by atoms with Gasteiger partial charge in [0.25, 0.3) is 0 Å². The zero-order valence-electron chi connectivity index (χ0n) is 6.24. The molecule has 9 heavy (non-hydrogen) atoms. The molecule has 2 heteroatoms. The van der Waals surface area contributed by atoms with Crippen LogP contribution in [0, 0.1) is 0 Å². The Morgan fingerprint density at radius 2 is 2.22 bits per heavy atom. The summed E-state index contributed by atoms with van der Waals surface area (Å²) < 4.78 is 10.9. The van der Waals surface area contributed by atoms with Crippen LogP contribution in [0.1, 0.15) is 20.3 Å². The number of allylic oxidation sites excluding steroid dienone is 1. The average molecular weight is 146 g/mol. The zero-order chi connectivity index (χ0) is 7.28. The van der Waals surface area contributed by atoms with Gasteiger partial charge in [-0.3, -0.25) is 0 Å². The van der Waals surface area contributed by atoms with E-state index < -0.39 is 7.80 Å². The Balaban J connectivity index is 3.28. The molecule has 0 radical (unpaired) electrons. The van der Waals surface area contributed by atoms with E-state index >= 15 is 0 Å². The van der Waals surface area contributed by atoms with E-state index in [9.17, 15) is 4.57 Å². The van der Waals surface area contributed by atoms with Gasteiger partial charge in [0.2, 0.25) is 0 Å². The van der Waals surface area contributed by atoms with Crippen molar-refractivity contribution in [1.82, 2.24) is 0 Å². The summed E-state index contributed by atoms with van der Waals surface area (Å²) in [7, 11) is -1.23. The van der Waals surface area contributed by atoms with Crippen molar-refractivity contribution in [3.05, 3.63) is 12.2 Å². The maximum absolute atomic E-state index is 10.9. The minimum absolute atomic E-state index is 0.845. The first-order valence-corrected chi connectivity index (χ1v) is 5.15. The van der Waals surface area contributed by atoms with Crippen molar-refractivity contribution in [3.8, 4) is 0 Å². The highest BCUT2D eigenvalue weighted by Gasteiger charge is 1.94. The highest BCUT2D eigenvalue weighted by molar-refractivity contribution is 7.44. The third kappa shape index (κ3) is 5.85. The first kappa shape index (κ1) is 8.97. The van der Waals surface area contributed by atoms with Gasteiger partial charge in [-0.15, -0.1) is 6.58 Å². The van der Waals surface area contributed by atoms with Crippen molar-refractivity contribution in [2.24, 2.45) is 0 Å². The first-order valence-electron chi connectivity index (χ1n) is 3.33. The predicted octanol–water partition coefficient (Wildman–Crippen LogP) is 2.53. The molecular weight excluding hydrogens is 131 g/mol.